The van der Waals surface area contributed by atoms with Crippen LogP contribution in [0.1, 0.15) is 113 Å². The maximum atomic E-state index is 7.67. The molecule has 1 heterocycles. The number of hydrogen-bond donors (Lipinski definition) is 4. The van der Waals surface area contributed by atoms with Crippen molar-refractivity contribution in [3.63, 3.8) is 0 Å². The Labute approximate surface area is 265 Å². The zero-order valence-corrected chi connectivity index (χ0v) is 29.1. The first-order valence-corrected chi connectivity index (χ1v) is 16.4. The fourth-order valence-corrected chi connectivity index (χ4v) is 4.61. The zero-order valence-electron chi connectivity index (χ0n) is 29.1. The molecule has 1 fully saturated rings. The molecule has 1 aliphatic heterocycles. The minimum atomic E-state index is 0.0794. The monoisotopic (exact) mass is 584 g/mol. The number of rotatable bonds is 9. The van der Waals surface area contributed by atoms with Gasteiger partial charge >= 0.3 is 0 Å². The molecule has 43 heavy (non-hydrogen) atoms. The molecule has 1 aliphatic rings. The Kier molecular flexibility index (Phi) is 20.9. The fourth-order valence-electron chi connectivity index (χ4n) is 4.61. The normalized spacial score (nSPS) is 11.8. The molecule has 3 aromatic carbocycles. The van der Waals surface area contributed by atoms with Gasteiger partial charge in [0.15, 0.2) is 0 Å². The molecule has 0 aromatic heterocycles. The molecule has 0 aliphatic carbocycles. The number of hydrazine groups is 1. The molecule has 236 valence electrons. The summed E-state index contributed by atoms with van der Waals surface area (Å²) in [4.78, 5) is 0. The predicted octanol–water partition coefficient (Wildman–Crippen LogP) is 10.1. The van der Waals surface area contributed by atoms with Crippen LogP contribution in [0.15, 0.2) is 60.7 Å². The summed E-state index contributed by atoms with van der Waals surface area (Å²) in [6.07, 6.45) is 8.33. The van der Waals surface area contributed by atoms with Crippen molar-refractivity contribution >= 4 is 19.1 Å². The minimum Gasteiger partial charge on any atom is -0.308 e. The maximum absolute atomic E-state index is 7.67. The van der Waals surface area contributed by atoms with Crippen LogP contribution < -0.4 is 11.3 Å². The predicted molar refractivity (Wildman–Crippen MR) is 195 cm³/mol. The third-order valence-electron chi connectivity index (χ3n) is 7.12. The summed E-state index contributed by atoms with van der Waals surface area (Å²) in [5, 5.41) is 15.3. The summed E-state index contributed by atoms with van der Waals surface area (Å²) in [5.41, 5.74) is 11.8. The van der Waals surface area contributed by atoms with Crippen LogP contribution in [-0.4, -0.2) is 25.2 Å². The maximum Gasteiger partial charge on any atom is 0.138 e. The van der Waals surface area contributed by atoms with E-state index in [-0.39, 0.29) is 5.92 Å². The molecule has 0 saturated carbocycles. The average molecular weight is 585 g/mol. The van der Waals surface area contributed by atoms with Crippen molar-refractivity contribution in [2.45, 2.75) is 114 Å². The topological polar surface area (TPSA) is 85.8 Å². The van der Waals surface area contributed by atoms with E-state index in [1.54, 1.807) is 0 Å². The van der Waals surface area contributed by atoms with Gasteiger partial charge in [0.1, 0.15) is 6.71 Å². The summed E-state index contributed by atoms with van der Waals surface area (Å²) >= 11 is 0. The summed E-state index contributed by atoms with van der Waals surface area (Å²) in [6.45, 7) is 24.1. The van der Waals surface area contributed by atoms with E-state index in [1.807, 2.05) is 53.7 Å². The molecule has 0 amide bonds. The number of aryl methyl sites for hydroxylation is 3. The molecule has 5 heteroatoms. The highest BCUT2D eigenvalue weighted by Crippen LogP contribution is 2.36. The number of nitrogens with two attached hydrogens (primary N) is 1. The van der Waals surface area contributed by atoms with E-state index in [2.05, 4.69) is 88.6 Å². The summed E-state index contributed by atoms with van der Waals surface area (Å²) < 4.78 is 0. The van der Waals surface area contributed by atoms with Gasteiger partial charge in [-0.05, 0) is 90.8 Å². The van der Waals surface area contributed by atoms with Crippen molar-refractivity contribution in [1.82, 2.24) is 5.43 Å². The first kappa shape index (κ1) is 40.0. The van der Waals surface area contributed by atoms with Gasteiger partial charge < -0.3 is 10.8 Å². The third-order valence-corrected chi connectivity index (χ3v) is 7.12. The molecule has 0 unspecified atom stereocenters. The van der Waals surface area contributed by atoms with Crippen LogP contribution in [0, 0.1) is 30.6 Å². The lowest BCUT2D eigenvalue weighted by molar-refractivity contribution is 0.617. The van der Waals surface area contributed by atoms with Gasteiger partial charge in [0, 0.05) is 24.4 Å². The van der Waals surface area contributed by atoms with Crippen molar-refractivity contribution in [1.29, 1.82) is 10.8 Å². The summed E-state index contributed by atoms with van der Waals surface area (Å²) in [6, 6.07) is 21.7. The van der Waals surface area contributed by atoms with Gasteiger partial charge in [-0.15, -0.1) is 0 Å². The Morgan fingerprint density at radius 2 is 1.19 bits per heavy atom. The molecule has 5 N–H and O–H groups in total. The van der Waals surface area contributed by atoms with E-state index in [0.717, 1.165) is 30.2 Å². The number of benzene rings is 3. The van der Waals surface area contributed by atoms with Crippen LogP contribution in [0.2, 0.25) is 19.0 Å². The largest absolute Gasteiger partial charge is 0.308 e. The second kappa shape index (κ2) is 22.5. The van der Waals surface area contributed by atoms with E-state index in [1.165, 1.54) is 64.8 Å². The van der Waals surface area contributed by atoms with Gasteiger partial charge in [0.2, 0.25) is 0 Å². The second-order valence-corrected chi connectivity index (χ2v) is 11.4. The molecule has 3 aromatic rings. The lowest BCUT2D eigenvalue weighted by Crippen LogP contribution is -2.29. The first-order chi connectivity index (χ1) is 20.6. The molecule has 0 bridgehead atoms. The van der Waals surface area contributed by atoms with Crippen LogP contribution >= 0.6 is 0 Å². The zero-order chi connectivity index (χ0) is 32.9. The summed E-state index contributed by atoms with van der Waals surface area (Å²) in [7, 11) is 0. The number of hydrogen-bond acceptors (Lipinski definition) is 4. The van der Waals surface area contributed by atoms with Crippen molar-refractivity contribution in [2.24, 2.45) is 11.8 Å². The average Bonchev–Trinajstić information content (AvgIpc) is 3.85. The van der Waals surface area contributed by atoms with Gasteiger partial charge in [-0.1, -0.05) is 122 Å². The van der Waals surface area contributed by atoms with Crippen LogP contribution in [-0.2, 0) is 6.42 Å². The molecule has 4 nitrogen and oxygen atoms in total. The Bertz CT molecular complexity index is 1120. The number of nitrogens with one attached hydrogen (secondary N) is 3. The highest BCUT2D eigenvalue weighted by molar-refractivity contribution is 6.69. The highest BCUT2D eigenvalue weighted by Gasteiger charge is 2.26. The van der Waals surface area contributed by atoms with Gasteiger partial charge in [-0.25, -0.2) is 0 Å². The fraction of sp³-hybridized carbons (Fsp3) is 0.474. The van der Waals surface area contributed by atoms with Gasteiger partial charge in [0.05, 0.1) is 0 Å². The highest BCUT2D eigenvalue weighted by atomic mass is 15.2. The van der Waals surface area contributed by atoms with Crippen molar-refractivity contribution in [2.75, 3.05) is 0 Å². The molecule has 0 radical (unpaired) electrons. The summed E-state index contributed by atoms with van der Waals surface area (Å²) in [5.74, 6) is 5.94. The molecule has 1 saturated heterocycles. The minimum absolute atomic E-state index is 0.0794. The van der Waals surface area contributed by atoms with Crippen molar-refractivity contribution in [3.05, 3.63) is 105 Å². The lowest BCUT2D eigenvalue weighted by Gasteiger charge is -2.24. The Morgan fingerprint density at radius 3 is 1.47 bits per heavy atom. The Morgan fingerprint density at radius 1 is 0.767 bits per heavy atom. The van der Waals surface area contributed by atoms with Crippen LogP contribution in [0.5, 0.6) is 0 Å². The standard InChI is InChI=1S/C25H26N2.C6H13B.C3H10N2.2C2H6/c1-4-19-9-11-22(12-10-19)25(23-13-20(15-26)7-5-17(23)2)24-14-21(16-27)8-6-18(24)3;1-6(2)5-7-3-4-7;1-3(2)5-4;2*1-2/h5-16,25-27H,4H2,1-3H3;6H,3-5H2,1-2H3;3,5H,4H2,1-2H3;2*1-2H3. The lowest BCUT2D eigenvalue weighted by atomic mass is 9.64. The Hall–Kier alpha value is -3.02. The van der Waals surface area contributed by atoms with E-state index in [4.69, 9.17) is 16.7 Å². The molecule has 0 spiro atoms. The quantitative estimate of drug-likeness (QED) is 0.0663. The third kappa shape index (κ3) is 14.8. The van der Waals surface area contributed by atoms with Gasteiger partial charge in [0.25, 0.3) is 0 Å². The van der Waals surface area contributed by atoms with E-state index < -0.39 is 0 Å². The van der Waals surface area contributed by atoms with Crippen LogP contribution in [0.3, 0.4) is 0 Å². The SMILES string of the molecule is CC.CC.CC(C)CB1CC1.CC(C)NN.CCc1ccc(C(c2cc(C=N)ccc2C)c2cc(C=N)ccc2C)cc1. The molecular weight excluding hydrogens is 523 g/mol. The van der Waals surface area contributed by atoms with E-state index in [9.17, 15) is 0 Å². The van der Waals surface area contributed by atoms with E-state index in [0.29, 0.717) is 6.04 Å². The van der Waals surface area contributed by atoms with Crippen molar-refractivity contribution in [3.8, 4) is 0 Å². The molecular formula is C38H61BN4. The van der Waals surface area contributed by atoms with E-state index >= 15 is 0 Å². The van der Waals surface area contributed by atoms with Gasteiger partial charge in [-0.2, -0.15) is 0 Å². The van der Waals surface area contributed by atoms with Crippen LogP contribution in [0.25, 0.3) is 0 Å². The van der Waals surface area contributed by atoms with Gasteiger partial charge in [-0.3, -0.25) is 11.3 Å². The smallest absolute Gasteiger partial charge is 0.138 e. The van der Waals surface area contributed by atoms with Crippen LogP contribution in [0.4, 0.5) is 0 Å². The molecule has 4 rings (SSSR count). The first-order valence-electron chi connectivity index (χ1n) is 16.4. The second-order valence-electron chi connectivity index (χ2n) is 11.4. The Balaban J connectivity index is 0.000000908. The van der Waals surface area contributed by atoms with Crippen molar-refractivity contribution < 1.29 is 0 Å². The molecule has 0 atom stereocenters.